The minimum atomic E-state index is 0.179. The Labute approximate surface area is 183 Å². The maximum absolute atomic E-state index is 12.8. The number of rotatable bonds is 7. The number of para-hydroxylation sites is 1. The number of ether oxygens (including phenoxy) is 1. The molecule has 0 atom stereocenters. The van der Waals surface area contributed by atoms with Gasteiger partial charge in [0, 0.05) is 60.3 Å². The molecular formula is C24H27N3O2S. The fraction of sp³-hybridized carbons (Fsp3) is 0.333. The van der Waals surface area contributed by atoms with Crippen molar-refractivity contribution in [2.24, 2.45) is 0 Å². The van der Waals surface area contributed by atoms with Crippen LogP contribution in [0, 0.1) is 0 Å². The molecule has 0 N–H and O–H groups in total. The third-order valence-electron chi connectivity index (χ3n) is 5.74. The molecule has 3 aromatic rings. The number of anilines is 1. The summed E-state index contributed by atoms with van der Waals surface area (Å²) in [6.45, 7) is 4.98. The summed E-state index contributed by atoms with van der Waals surface area (Å²) >= 11 is 4.46. The number of methoxy groups -OCH3 is 1. The van der Waals surface area contributed by atoms with E-state index in [1.807, 2.05) is 36.4 Å². The highest BCUT2D eigenvalue weighted by Crippen LogP contribution is 2.24. The number of benzene rings is 2. The molecule has 156 valence electrons. The highest BCUT2D eigenvalue weighted by Gasteiger charge is 2.18. The highest BCUT2D eigenvalue weighted by atomic mass is 32.1. The SMILES string of the molecule is COc1ccc(N2CCN(CCCC(=O)c3ccnc4c(S)cccc34)CC2)cc1. The molecule has 0 spiro atoms. The summed E-state index contributed by atoms with van der Waals surface area (Å²) in [4.78, 5) is 22.8. The van der Waals surface area contributed by atoms with Crippen molar-refractivity contribution in [1.82, 2.24) is 9.88 Å². The fourth-order valence-electron chi connectivity index (χ4n) is 4.02. The Morgan fingerprint density at radius 2 is 1.83 bits per heavy atom. The van der Waals surface area contributed by atoms with Gasteiger partial charge in [0.1, 0.15) is 5.75 Å². The molecule has 0 saturated carbocycles. The number of ketones is 1. The summed E-state index contributed by atoms with van der Waals surface area (Å²) in [5.74, 6) is 1.06. The quantitative estimate of drug-likeness (QED) is 0.455. The lowest BCUT2D eigenvalue weighted by atomic mass is 10.0. The Hall–Kier alpha value is -2.57. The maximum Gasteiger partial charge on any atom is 0.163 e. The van der Waals surface area contributed by atoms with E-state index in [4.69, 9.17) is 4.74 Å². The summed E-state index contributed by atoms with van der Waals surface area (Å²) in [7, 11) is 1.69. The minimum absolute atomic E-state index is 0.179. The molecule has 1 aliphatic rings. The molecule has 2 aromatic carbocycles. The maximum atomic E-state index is 12.8. The van der Waals surface area contributed by atoms with Crippen molar-refractivity contribution < 1.29 is 9.53 Å². The van der Waals surface area contributed by atoms with Crippen LogP contribution < -0.4 is 9.64 Å². The number of fused-ring (bicyclic) bond motifs is 1. The number of pyridine rings is 1. The van der Waals surface area contributed by atoms with Crippen LogP contribution in [0.4, 0.5) is 5.69 Å². The van der Waals surface area contributed by atoms with Gasteiger partial charge in [-0.25, -0.2) is 0 Å². The van der Waals surface area contributed by atoms with Crippen LogP contribution in [0.3, 0.4) is 0 Å². The van der Waals surface area contributed by atoms with Crippen LogP contribution in [-0.2, 0) is 0 Å². The van der Waals surface area contributed by atoms with Gasteiger partial charge in [0.2, 0.25) is 0 Å². The Kier molecular flexibility index (Phi) is 6.55. The van der Waals surface area contributed by atoms with Gasteiger partial charge in [-0.2, -0.15) is 0 Å². The first-order chi connectivity index (χ1) is 14.7. The lowest BCUT2D eigenvalue weighted by molar-refractivity contribution is 0.0975. The van der Waals surface area contributed by atoms with Crippen molar-refractivity contribution in [3.63, 3.8) is 0 Å². The molecule has 30 heavy (non-hydrogen) atoms. The first-order valence-electron chi connectivity index (χ1n) is 10.4. The second-order valence-electron chi connectivity index (χ2n) is 7.59. The van der Waals surface area contributed by atoms with Crippen LogP contribution in [0.5, 0.6) is 5.75 Å². The summed E-state index contributed by atoms with van der Waals surface area (Å²) in [6.07, 6.45) is 3.12. The van der Waals surface area contributed by atoms with E-state index in [0.29, 0.717) is 6.42 Å². The van der Waals surface area contributed by atoms with E-state index in [1.165, 1.54) is 5.69 Å². The molecule has 0 unspecified atom stereocenters. The monoisotopic (exact) mass is 421 g/mol. The van der Waals surface area contributed by atoms with Gasteiger partial charge < -0.3 is 9.64 Å². The number of thiol groups is 1. The van der Waals surface area contributed by atoms with Crippen molar-refractivity contribution in [1.29, 1.82) is 0 Å². The van der Waals surface area contributed by atoms with Gasteiger partial charge in [0.25, 0.3) is 0 Å². The van der Waals surface area contributed by atoms with Crippen LogP contribution in [0.2, 0.25) is 0 Å². The number of carbonyl (C=O) groups excluding carboxylic acids is 1. The van der Waals surface area contributed by atoms with E-state index in [1.54, 1.807) is 13.3 Å². The van der Waals surface area contributed by atoms with E-state index in [0.717, 1.165) is 66.3 Å². The van der Waals surface area contributed by atoms with Crippen molar-refractivity contribution in [2.75, 3.05) is 44.7 Å². The molecule has 1 fully saturated rings. The molecule has 0 radical (unpaired) electrons. The van der Waals surface area contributed by atoms with Crippen molar-refractivity contribution in [3.05, 3.63) is 60.3 Å². The molecule has 1 saturated heterocycles. The number of carbonyl (C=O) groups is 1. The number of hydrogen-bond donors (Lipinski definition) is 1. The zero-order valence-electron chi connectivity index (χ0n) is 17.3. The average molecular weight is 422 g/mol. The number of Topliss-reactive ketones (excluding diaryl/α,β-unsaturated/α-hetero) is 1. The summed E-state index contributed by atoms with van der Waals surface area (Å²) < 4.78 is 5.24. The van der Waals surface area contributed by atoms with Gasteiger partial charge in [0.05, 0.1) is 12.6 Å². The Morgan fingerprint density at radius 3 is 2.57 bits per heavy atom. The largest absolute Gasteiger partial charge is 0.497 e. The third kappa shape index (κ3) is 4.60. The van der Waals surface area contributed by atoms with E-state index >= 15 is 0 Å². The number of hydrogen-bond acceptors (Lipinski definition) is 6. The molecule has 0 amide bonds. The Bertz CT molecular complexity index is 1010. The normalized spacial score (nSPS) is 14.8. The van der Waals surface area contributed by atoms with Crippen molar-refractivity contribution >= 4 is 35.0 Å². The zero-order valence-corrected chi connectivity index (χ0v) is 18.1. The molecule has 0 bridgehead atoms. The predicted molar refractivity (Wildman–Crippen MR) is 124 cm³/mol. The molecule has 2 heterocycles. The van der Waals surface area contributed by atoms with Gasteiger partial charge in [-0.3, -0.25) is 14.7 Å². The van der Waals surface area contributed by atoms with Gasteiger partial charge in [-0.1, -0.05) is 12.1 Å². The summed E-state index contributed by atoms with van der Waals surface area (Å²) in [5, 5.41) is 0.892. The van der Waals surface area contributed by atoms with Crippen LogP contribution >= 0.6 is 12.6 Å². The lowest BCUT2D eigenvalue weighted by Gasteiger charge is -2.36. The molecule has 1 aliphatic heterocycles. The second-order valence-corrected chi connectivity index (χ2v) is 8.07. The summed E-state index contributed by atoms with van der Waals surface area (Å²) in [5.41, 5.74) is 2.78. The molecular weight excluding hydrogens is 394 g/mol. The number of aromatic nitrogens is 1. The molecule has 6 heteroatoms. The Balaban J connectivity index is 1.27. The van der Waals surface area contributed by atoms with E-state index < -0.39 is 0 Å². The molecule has 0 aliphatic carbocycles. The van der Waals surface area contributed by atoms with E-state index in [-0.39, 0.29) is 5.78 Å². The van der Waals surface area contributed by atoms with Crippen molar-refractivity contribution in [3.8, 4) is 5.75 Å². The predicted octanol–water partition coefficient (Wildman–Crippen LogP) is 4.32. The number of piperazine rings is 1. The minimum Gasteiger partial charge on any atom is -0.497 e. The van der Waals surface area contributed by atoms with E-state index in [9.17, 15) is 4.79 Å². The van der Waals surface area contributed by atoms with Crippen LogP contribution in [-0.4, -0.2) is 55.5 Å². The average Bonchev–Trinajstić information content (AvgIpc) is 2.79. The van der Waals surface area contributed by atoms with Gasteiger partial charge in [-0.05, 0) is 49.4 Å². The molecule has 4 rings (SSSR count). The third-order valence-corrected chi connectivity index (χ3v) is 6.10. The molecule has 5 nitrogen and oxygen atoms in total. The van der Waals surface area contributed by atoms with Crippen LogP contribution in [0.1, 0.15) is 23.2 Å². The second kappa shape index (κ2) is 9.49. The van der Waals surface area contributed by atoms with Crippen LogP contribution in [0.25, 0.3) is 10.9 Å². The van der Waals surface area contributed by atoms with Gasteiger partial charge >= 0.3 is 0 Å². The topological polar surface area (TPSA) is 45.7 Å². The lowest BCUT2D eigenvalue weighted by Crippen LogP contribution is -2.46. The Morgan fingerprint density at radius 1 is 1.07 bits per heavy atom. The van der Waals surface area contributed by atoms with E-state index in [2.05, 4.69) is 39.5 Å². The fourth-order valence-corrected chi connectivity index (χ4v) is 4.29. The first kappa shape index (κ1) is 20.7. The summed E-state index contributed by atoms with van der Waals surface area (Å²) in [6, 6.07) is 15.8. The molecule has 1 aromatic heterocycles. The first-order valence-corrected chi connectivity index (χ1v) is 10.8. The van der Waals surface area contributed by atoms with Gasteiger partial charge in [0.15, 0.2) is 5.78 Å². The van der Waals surface area contributed by atoms with Gasteiger partial charge in [-0.15, -0.1) is 12.6 Å². The standard InChI is InChI=1S/C24H27N3O2S/c1-29-19-9-7-18(8-10-19)27-16-14-26(15-17-27)13-3-5-22(28)20-11-12-25-24-21(20)4-2-6-23(24)30/h2,4,6-12,30H,3,5,13-17H2,1H3. The van der Waals surface area contributed by atoms with Crippen molar-refractivity contribution in [2.45, 2.75) is 17.7 Å². The highest BCUT2D eigenvalue weighted by molar-refractivity contribution is 7.80. The number of nitrogens with zero attached hydrogens (tertiary/aromatic N) is 3. The zero-order chi connectivity index (χ0) is 20.9. The smallest absolute Gasteiger partial charge is 0.163 e. The van der Waals surface area contributed by atoms with Crippen LogP contribution in [0.15, 0.2) is 59.6 Å².